The van der Waals surface area contributed by atoms with Gasteiger partial charge in [-0.15, -0.1) is 0 Å². The Morgan fingerprint density at radius 3 is 2.59 bits per heavy atom. The molecule has 0 atom stereocenters. The zero-order chi connectivity index (χ0) is 22.2. The van der Waals surface area contributed by atoms with E-state index in [0.717, 1.165) is 22.8 Å². The molecule has 0 unspecified atom stereocenters. The Morgan fingerprint density at radius 1 is 1.00 bits per heavy atom. The van der Waals surface area contributed by atoms with Gasteiger partial charge in [-0.1, -0.05) is 18.2 Å². The topological polar surface area (TPSA) is 86.6 Å². The first-order valence-corrected chi connectivity index (χ1v) is 10.4. The van der Waals surface area contributed by atoms with Gasteiger partial charge >= 0.3 is 5.69 Å². The summed E-state index contributed by atoms with van der Waals surface area (Å²) in [7, 11) is 0. The third kappa shape index (κ3) is 3.21. The predicted molar refractivity (Wildman–Crippen MR) is 120 cm³/mol. The molecule has 0 aliphatic carbocycles. The van der Waals surface area contributed by atoms with Gasteiger partial charge in [0.15, 0.2) is 5.82 Å². The molecular formula is C23H22F2N6O. The van der Waals surface area contributed by atoms with Crippen LogP contribution in [-0.4, -0.2) is 37.1 Å². The quantitative estimate of drug-likeness (QED) is 0.409. The van der Waals surface area contributed by atoms with Crippen molar-refractivity contribution < 1.29 is 8.78 Å². The van der Waals surface area contributed by atoms with Crippen molar-refractivity contribution in [3.05, 3.63) is 71.2 Å². The van der Waals surface area contributed by atoms with Gasteiger partial charge in [-0.25, -0.2) is 23.2 Å². The summed E-state index contributed by atoms with van der Waals surface area (Å²) < 4.78 is 32.5. The molecule has 32 heavy (non-hydrogen) atoms. The summed E-state index contributed by atoms with van der Waals surface area (Å²) in [5.41, 5.74) is 8.09. The van der Waals surface area contributed by atoms with Crippen molar-refractivity contribution in [2.45, 2.75) is 19.5 Å². The number of benzene rings is 2. The maximum Gasteiger partial charge on any atom is 0.348 e. The van der Waals surface area contributed by atoms with Crippen molar-refractivity contribution in [2.75, 3.05) is 13.2 Å². The average molecular weight is 436 g/mol. The number of para-hydroxylation sites is 1. The highest BCUT2D eigenvalue weighted by Gasteiger charge is 2.21. The lowest BCUT2D eigenvalue weighted by Crippen LogP contribution is -2.15. The number of fused-ring (bicyclic) bond motifs is 2. The summed E-state index contributed by atoms with van der Waals surface area (Å²) in [6.07, 6.45) is 4.36. The van der Waals surface area contributed by atoms with Crippen LogP contribution in [0.2, 0.25) is 0 Å². The summed E-state index contributed by atoms with van der Waals surface area (Å²) in [6, 6.07) is 12.1. The fraction of sp³-hybridized carbons (Fsp3) is 0.217. The van der Waals surface area contributed by atoms with E-state index in [1.165, 1.54) is 16.7 Å². The van der Waals surface area contributed by atoms with E-state index in [4.69, 9.17) is 5.73 Å². The highest BCUT2D eigenvalue weighted by molar-refractivity contribution is 5.96. The number of nitrogens with one attached hydrogen (secondary N) is 1. The van der Waals surface area contributed by atoms with E-state index in [0.29, 0.717) is 35.6 Å². The van der Waals surface area contributed by atoms with Crippen LogP contribution in [0.3, 0.4) is 0 Å². The Hall–Kier alpha value is -3.72. The van der Waals surface area contributed by atoms with Crippen LogP contribution in [0, 0.1) is 5.82 Å². The van der Waals surface area contributed by atoms with Gasteiger partial charge in [-0.05, 0) is 37.2 Å². The lowest BCUT2D eigenvalue weighted by molar-refractivity contribution is 0.451. The lowest BCUT2D eigenvalue weighted by atomic mass is 10.1. The van der Waals surface area contributed by atoms with E-state index in [2.05, 4.69) is 10.2 Å². The van der Waals surface area contributed by atoms with Crippen LogP contribution in [0.5, 0.6) is 0 Å². The molecule has 0 bridgehead atoms. The van der Waals surface area contributed by atoms with Crippen molar-refractivity contribution in [1.29, 1.82) is 0 Å². The Labute approximate surface area is 181 Å². The largest absolute Gasteiger partial charge is 0.348 e. The number of nitrogens with two attached hydrogens (primary N) is 1. The van der Waals surface area contributed by atoms with Gasteiger partial charge in [-0.2, -0.15) is 5.10 Å². The number of alkyl halides is 1. The van der Waals surface area contributed by atoms with Crippen molar-refractivity contribution >= 4 is 21.8 Å². The molecule has 0 spiro atoms. The predicted octanol–water partition coefficient (Wildman–Crippen LogP) is 3.59. The Kier molecular flexibility index (Phi) is 5.10. The molecule has 3 N–H and O–H groups in total. The van der Waals surface area contributed by atoms with Crippen LogP contribution in [0.15, 0.2) is 59.7 Å². The minimum atomic E-state index is -0.514. The number of aromatic nitrogens is 5. The number of H-pyrrole nitrogens is 1. The number of nitrogens with zero attached hydrogens (tertiary/aromatic N) is 4. The number of aromatic amines is 1. The highest BCUT2D eigenvalue weighted by atomic mass is 19.1. The first-order valence-electron chi connectivity index (χ1n) is 10.4. The Balaban J connectivity index is 1.77. The molecule has 0 saturated heterocycles. The number of rotatable bonds is 7. The van der Waals surface area contributed by atoms with Crippen LogP contribution in [0.4, 0.5) is 8.78 Å². The van der Waals surface area contributed by atoms with Gasteiger partial charge in [0.05, 0.1) is 17.7 Å². The number of hydrogen-bond donors (Lipinski definition) is 2. The van der Waals surface area contributed by atoms with Gasteiger partial charge < -0.3 is 14.9 Å². The minimum Gasteiger partial charge on any atom is -0.345 e. The third-order valence-electron chi connectivity index (χ3n) is 5.69. The van der Waals surface area contributed by atoms with Gasteiger partial charge in [0.1, 0.15) is 12.5 Å². The summed E-state index contributed by atoms with van der Waals surface area (Å²) in [5.74, 6) is -0.0149. The molecule has 0 amide bonds. The molecule has 3 heterocycles. The maximum atomic E-state index is 14.2. The van der Waals surface area contributed by atoms with Gasteiger partial charge in [0.25, 0.3) is 0 Å². The van der Waals surface area contributed by atoms with Gasteiger partial charge in [-0.3, -0.25) is 0 Å². The van der Waals surface area contributed by atoms with E-state index >= 15 is 0 Å². The van der Waals surface area contributed by atoms with Gasteiger partial charge in [0.2, 0.25) is 0 Å². The monoisotopic (exact) mass is 436 g/mol. The second kappa shape index (κ2) is 8.08. The van der Waals surface area contributed by atoms with Crippen LogP contribution in [-0.2, 0) is 13.1 Å². The molecule has 0 radical (unpaired) electrons. The first-order chi connectivity index (χ1) is 15.6. The lowest BCUT2D eigenvalue weighted by Gasteiger charge is -2.04. The SMILES string of the molecule is NCCCn1cc(-n2c(-c3cn(CCF)c4ccccc34)n[nH]c2=O)c2cc(F)ccc21. The highest BCUT2D eigenvalue weighted by Crippen LogP contribution is 2.32. The fourth-order valence-corrected chi connectivity index (χ4v) is 4.28. The average Bonchev–Trinajstić information content (AvgIpc) is 3.46. The van der Waals surface area contributed by atoms with Crippen molar-refractivity contribution in [3.63, 3.8) is 0 Å². The molecule has 164 valence electrons. The molecule has 3 aromatic heterocycles. The zero-order valence-electron chi connectivity index (χ0n) is 17.3. The molecule has 7 nitrogen and oxygen atoms in total. The van der Waals surface area contributed by atoms with Crippen LogP contribution in [0.25, 0.3) is 38.9 Å². The molecule has 9 heteroatoms. The smallest absolute Gasteiger partial charge is 0.345 e. The van der Waals surface area contributed by atoms with E-state index < -0.39 is 18.2 Å². The van der Waals surface area contributed by atoms with E-state index in [1.807, 2.05) is 35.0 Å². The molecular weight excluding hydrogens is 414 g/mol. The number of hydrogen-bond acceptors (Lipinski definition) is 3. The molecule has 0 aliphatic rings. The zero-order valence-corrected chi connectivity index (χ0v) is 17.3. The molecule has 5 aromatic rings. The molecule has 0 fully saturated rings. The standard InChI is InChI=1S/C23H22F2N6O/c24-8-11-30-13-18(16-4-1-2-5-19(16)30)22-27-28-23(32)31(22)21-14-29(10-3-9-26)20-7-6-15(25)12-17(20)21/h1-2,4-7,12-14H,3,8-11,26H2,(H,28,32). The molecule has 0 aliphatic heterocycles. The normalized spacial score (nSPS) is 11.7. The van der Waals surface area contributed by atoms with Crippen molar-refractivity contribution in [2.24, 2.45) is 5.73 Å². The van der Waals surface area contributed by atoms with Crippen LogP contribution in [0.1, 0.15) is 6.42 Å². The Bertz CT molecular complexity index is 1480. The Morgan fingerprint density at radius 2 is 1.78 bits per heavy atom. The fourth-order valence-electron chi connectivity index (χ4n) is 4.28. The van der Waals surface area contributed by atoms with E-state index in [9.17, 15) is 13.6 Å². The summed E-state index contributed by atoms with van der Waals surface area (Å²) in [4.78, 5) is 12.9. The van der Waals surface area contributed by atoms with Gasteiger partial charge in [0, 0.05) is 40.8 Å². The third-order valence-corrected chi connectivity index (χ3v) is 5.69. The number of aryl methyl sites for hydroxylation is 2. The summed E-state index contributed by atoms with van der Waals surface area (Å²) in [6.45, 7) is 0.829. The van der Waals surface area contributed by atoms with Crippen molar-refractivity contribution in [3.8, 4) is 17.1 Å². The summed E-state index contributed by atoms with van der Waals surface area (Å²) >= 11 is 0. The maximum absolute atomic E-state index is 14.2. The molecule has 2 aromatic carbocycles. The van der Waals surface area contributed by atoms with E-state index in [1.54, 1.807) is 16.8 Å². The second-order valence-electron chi connectivity index (χ2n) is 7.64. The van der Waals surface area contributed by atoms with E-state index in [-0.39, 0.29) is 6.54 Å². The molecule has 0 saturated carbocycles. The minimum absolute atomic E-state index is 0.193. The molecule has 5 rings (SSSR count). The van der Waals surface area contributed by atoms with Crippen LogP contribution < -0.4 is 11.4 Å². The summed E-state index contributed by atoms with van der Waals surface area (Å²) in [5, 5.41) is 8.25. The van der Waals surface area contributed by atoms with Crippen molar-refractivity contribution in [1.82, 2.24) is 23.9 Å². The number of halogens is 2. The first kappa shape index (κ1) is 20.2. The second-order valence-corrected chi connectivity index (χ2v) is 7.64. The van der Waals surface area contributed by atoms with Crippen LogP contribution >= 0.6 is 0 Å².